The van der Waals surface area contributed by atoms with E-state index in [1.165, 1.54) is 4.68 Å². The summed E-state index contributed by atoms with van der Waals surface area (Å²) in [5.41, 5.74) is 1.37. The lowest BCUT2D eigenvalue weighted by Crippen LogP contribution is -2.44. The maximum absolute atomic E-state index is 11.9. The van der Waals surface area contributed by atoms with Gasteiger partial charge in [-0.15, -0.1) is 0 Å². The highest BCUT2D eigenvalue weighted by molar-refractivity contribution is 7.80. The van der Waals surface area contributed by atoms with Gasteiger partial charge in [-0.05, 0) is 20.8 Å². The Kier molecular flexibility index (Phi) is 6.35. The van der Waals surface area contributed by atoms with Crippen LogP contribution < -0.4 is 5.32 Å². The summed E-state index contributed by atoms with van der Waals surface area (Å²) in [6.45, 7) is 5.48. The summed E-state index contributed by atoms with van der Waals surface area (Å²) in [4.78, 5) is 23.5. The fourth-order valence-corrected chi connectivity index (χ4v) is 2.00. The molecule has 1 aromatic heterocycles. The van der Waals surface area contributed by atoms with Gasteiger partial charge in [0.2, 0.25) is 5.91 Å². The Balaban J connectivity index is 2.66. The lowest BCUT2D eigenvalue weighted by atomic mass is 10.3. The molecule has 0 saturated heterocycles. The SMILES string of the molecule is CCOC(=O)[C@H](CS)NC(=O)Cn1nc(C)c(Cl)c1C. The lowest BCUT2D eigenvalue weighted by Gasteiger charge is -2.15. The number of hydrogen-bond acceptors (Lipinski definition) is 5. The molecule has 0 aliphatic heterocycles. The second kappa shape index (κ2) is 7.54. The summed E-state index contributed by atoms with van der Waals surface area (Å²) in [6, 6.07) is -0.766. The van der Waals surface area contributed by atoms with Gasteiger partial charge in [0.15, 0.2) is 0 Å². The number of carbonyl (C=O) groups excluding carboxylic acids is 2. The van der Waals surface area contributed by atoms with Crippen LogP contribution in [0.5, 0.6) is 0 Å². The molecule has 1 amide bonds. The van der Waals surface area contributed by atoms with Gasteiger partial charge in [0.05, 0.1) is 23.0 Å². The van der Waals surface area contributed by atoms with Crippen LogP contribution in [-0.4, -0.2) is 40.1 Å². The number of thiol groups is 1. The fraction of sp³-hybridized carbons (Fsp3) is 0.583. The molecule has 1 aromatic rings. The number of aromatic nitrogens is 2. The highest BCUT2D eigenvalue weighted by Gasteiger charge is 2.21. The Bertz CT molecular complexity index is 504. The van der Waals surface area contributed by atoms with Crippen LogP contribution in [0.1, 0.15) is 18.3 Å². The van der Waals surface area contributed by atoms with Crippen LogP contribution in [0, 0.1) is 13.8 Å². The van der Waals surface area contributed by atoms with Crippen LogP contribution in [0.3, 0.4) is 0 Å². The van der Waals surface area contributed by atoms with Gasteiger partial charge in [-0.3, -0.25) is 9.48 Å². The fourth-order valence-electron chi connectivity index (χ4n) is 1.63. The van der Waals surface area contributed by atoms with Gasteiger partial charge in [-0.1, -0.05) is 11.6 Å². The molecule has 0 aromatic carbocycles. The van der Waals surface area contributed by atoms with E-state index in [0.717, 1.165) is 0 Å². The van der Waals surface area contributed by atoms with Crippen LogP contribution in [0.4, 0.5) is 0 Å². The van der Waals surface area contributed by atoms with Crippen LogP contribution in [0.15, 0.2) is 0 Å². The maximum Gasteiger partial charge on any atom is 0.329 e. The summed E-state index contributed by atoms with van der Waals surface area (Å²) >= 11 is 10.0. The molecule has 20 heavy (non-hydrogen) atoms. The number of amides is 1. The minimum atomic E-state index is -0.766. The molecule has 0 saturated carbocycles. The molecule has 1 N–H and O–H groups in total. The van der Waals surface area contributed by atoms with Gasteiger partial charge in [0, 0.05) is 5.75 Å². The third-order valence-corrected chi connectivity index (χ3v) is 3.59. The van der Waals surface area contributed by atoms with Crippen LogP contribution in [0.2, 0.25) is 5.02 Å². The molecule has 1 rings (SSSR count). The molecule has 1 atom stereocenters. The molecule has 0 aliphatic carbocycles. The van der Waals surface area contributed by atoms with E-state index in [0.29, 0.717) is 16.4 Å². The van der Waals surface area contributed by atoms with E-state index < -0.39 is 12.0 Å². The first kappa shape index (κ1) is 16.8. The third kappa shape index (κ3) is 4.14. The van der Waals surface area contributed by atoms with Crippen molar-refractivity contribution >= 4 is 36.1 Å². The molecule has 0 spiro atoms. The van der Waals surface area contributed by atoms with E-state index in [2.05, 4.69) is 23.0 Å². The summed E-state index contributed by atoms with van der Waals surface area (Å²) < 4.78 is 6.34. The number of nitrogens with zero attached hydrogens (tertiary/aromatic N) is 2. The van der Waals surface area contributed by atoms with Crippen molar-refractivity contribution in [2.45, 2.75) is 33.4 Å². The Hall–Kier alpha value is -1.21. The van der Waals surface area contributed by atoms with E-state index in [1.54, 1.807) is 20.8 Å². The van der Waals surface area contributed by atoms with Crippen LogP contribution >= 0.6 is 24.2 Å². The van der Waals surface area contributed by atoms with E-state index in [4.69, 9.17) is 16.3 Å². The molecule has 112 valence electrons. The van der Waals surface area contributed by atoms with Gasteiger partial charge in [0.1, 0.15) is 12.6 Å². The first-order valence-corrected chi connectivity index (χ1v) is 7.18. The van der Waals surface area contributed by atoms with Crippen molar-refractivity contribution in [2.24, 2.45) is 0 Å². The van der Waals surface area contributed by atoms with E-state index in [1.807, 2.05) is 0 Å². The van der Waals surface area contributed by atoms with Crippen molar-refractivity contribution in [2.75, 3.05) is 12.4 Å². The van der Waals surface area contributed by atoms with E-state index in [-0.39, 0.29) is 24.8 Å². The second-order valence-corrected chi connectivity index (χ2v) is 4.94. The number of nitrogens with one attached hydrogen (secondary N) is 1. The molecular formula is C12H18ClN3O3S. The van der Waals surface area contributed by atoms with E-state index >= 15 is 0 Å². The molecule has 0 unspecified atom stereocenters. The standard InChI is InChI=1S/C12H18ClN3O3S/c1-4-19-12(18)9(6-20)14-10(17)5-16-8(3)11(13)7(2)15-16/h9,20H,4-6H2,1-3H3,(H,14,17)/t9-/m0/s1. The molecule has 1 heterocycles. The number of ether oxygens (including phenoxy) is 1. The Labute approximate surface area is 128 Å². The maximum atomic E-state index is 11.9. The number of hydrogen-bond donors (Lipinski definition) is 2. The summed E-state index contributed by atoms with van der Waals surface area (Å²) in [7, 11) is 0. The number of rotatable bonds is 6. The molecular weight excluding hydrogens is 302 g/mol. The monoisotopic (exact) mass is 319 g/mol. The van der Waals surface area contributed by atoms with Crippen molar-refractivity contribution in [3.8, 4) is 0 Å². The average Bonchev–Trinajstić information content (AvgIpc) is 2.63. The van der Waals surface area contributed by atoms with E-state index in [9.17, 15) is 9.59 Å². The predicted octanol–water partition coefficient (Wildman–Crippen LogP) is 1.13. The smallest absolute Gasteiger partial charge is 0.329 e. The second-order valence-electron chi connectivity index (χ2n) is 4.20. The molecule has 0 fully saturated rings. The molecule has 0 aliphatic rings. The topological polar surface area (TPSA) is 73.2 Å². The quantitative estimate of drug-likeness (QED) is 0.609. The average molecular weight is 320 g/mol. The third-order valence-electron chi connectivity index (χ3n) is 2.68. The highest BCUT2D eigenvalue weighted by atomic mass is 35.5. The largest absolute Gasteiger partial charge is 0.464 e. The van der Waals surface area contributed by atoms with Crippen molar-refractivity contribution in [1.29, 1.82) is 0 Å². The lowest BCUT2D eigenvalue weighted by molar-refractivity contribution is -0.146. The van der Waals surface area contributed by atoms with Gasteiger partial charge in [-0.25, -0.2) is 4.79 Å². The summed E-state index contributed by atoms with van der Waals surface area (Å²) in [6.07, 6.45) is 0. The minimum absolute atomic E-state index is 0.0108. The predicted molar refractivity (Wildman–Crippen MR) is 79.1 cm³/mol. The zero-order chi connectivity index (χ0) is 15.3. The molecule has 6 nitrogen and oxygen atoms in total. The van der Waals surface area contributed by atoms with Crippen molar-refractivity contribution < 1.29 is 14.3 Å². The normalized spacial score (nSPS) is 12.1. The van der Waals surface area contributed by atoms with Crippen molar-refractivity contribution in [3.05, 3.63) is 16.4 Å². The molecule has 0 radical (unpaired) electrons. The van der Waals surface area contributed by atoms with Crippen molar-refractivity contribution in [3.63, 3.8) is 0 Å². The first-order chi connectivity index (χ1) is 9.40. The molecule has 0 bridgehead atoms. The van der Waals surface area contributed by atoms with Crippen LogP contribution in [0.25, 0.3) is 0 Å². The first-order valence-electron chi connectivity index (χ1n) is 6.17. The highest BCUT2D eigenvalue weighted by Crippen LogP contribution is 2.18. The minimum Gasteiger partial charge on any atom is -0.464 e. The van der Waals surface area contributed by atoms with Gasteiger partial charge >= 0.3 is 5.97 Å². The number of aryl methyl sites for hydroxylation is 1. The number of esters is 1. The number of halogens is 1. The van der Waals surface area contributed by atoms with Crippen LogP contribution in [-0.2, 0) is 20.9 Å². The Morgan fingerprint density at radius 3 is 2.60 bits per heavy atom. The summed E-state index contributed by atoms with van der Waals surface area (Å²) in [5, 5.41) is 7.25. The number of carbonyl (C=O) groups is 2. The van der Waals surface area contributed by atoms with Crippen molar-refractivity contribution in [1.82, 2.24) is 15.1 Å². The Morgan fingerprint density at radius 1 is 1.50 bits per heavy atom. The van der Waals surface area contributed by atoms with Gasteiger partial charge in [-0.2, -0.15) is 17.7 Å². The summed E-state index contributed by atoms with van der Waals surface area (Å²) in [5.74, 6) is -0.677. The van der Waals surface area contributed by atoms with Gasteiger partial charge < -0.3 is 10.1 Å². The zero-order valence-electron chi connectivity index (χ0n) is 11.6. The molecule has 8 heteroatoms. The van der Waals surface area contributed by atoms with Gasteiger partial charge in [0.25, 0.3) is 0 Å². The zero-order valence-corrected chi connectivity index (χ0v) is 13.3. The Morgan fingerprint density at radius 2 is 2.15 bits per heavy atom.